The largest absolute Gasteiger partial charge is 0.379 e. The van der Waals surface area contributed by atoms with Gasteiger partial charge < -0.3 is 4.74 Å². The summed E-state index contributed by atoms with van der Waals surface area (Å²) in [5, 5.41) is 12.9. The van der Waals surface area contributed by atoms with Gasteiger partial charge in [0.2, 0.25) is 0 Å². The Morgan fingerprint density at radius 2 is 2.39 bits per heavy atom. The molecular weight excluding hydrogens is 226 g/mol. The fourth-order valence-electron chi connectivity index (χ4n) is 3.45. The highest BCUT2D eigenvalue weighted by Gasteiger charge is 2.39. The lowest BCUT2D eigenvalue weighted by Gasteiger charge is -2.45. The van der Waals surface area contributed by atoms with Crippen molar-refractivity contribution in [2.45, 2.75) is 57.2 Å². The van der Waals surface area contributed by atoms with Gasteiger partial charge in [-0.15, -0.1) is 0 Å². The Kier molecular flexibility index (Phi) is 4.60. The number of nitrogens with zero attached hydrogens (tertiary/aromatic N) is 2. The fourth-order valence-corrected chi connectivity index (χ4v) is 3.45. The summed E-state index contributed by atoms with van der Waals surface area (Å²) in [6.45, 7) is 7.87. The minimum Gasteiger partial charge on any atom is -0.379 e. The molecule has 1 aliphatic carbocycles. The van der Waals surface area contributed by atoms with Crippen molar-refractivity contribution in [3.05, 3.63) is 0 Å². The van der Waals surface area contributed by atoms with Crippen LogP contribution in [0, 0.1) is 11.3 Å². The van der Waals surface area contributed by atoms with Crippen molar-refractivity contribution in [3.63, 3.8) is 0 Å². The minimum absolute atomic E-state index is 0.296. The summed E-state index contributed by atoms with van der Waals surface area (Å²) in [5.41, 5.74) is -0.296. The summed E-state index contributed by atoms with van der Waals surface area (Å²) in [6, 6.07) is 3.56. The Morgan fingerprint density at radius 3 is 3.06 bits per heavy atom. The van der Waals surface area contributed by atoms with Gasteiger partial charge in [-0.25, -0.2) is 0 Å². The highest BCUT2D eigenvalue weighted by molar-refractivity contribution is 5.11. The highest BCUT2D eigenvalue weighted by Crippen LogP contribution is 2.32. The third-order valence-electron chi connectivity index (χ3n) is 4.34. The first-order valence-corrected chi connectivity index (χ1v) is 7.20. The molecule has 102 valence electrons. The van der Waals surface area contributed by atoms with Crippen LogP contribution in [0.4, 0.5) is 0 Å². The average molecular weight is 251 g/mol. The normalized spacial score (nSPS) is 38.3. The lowest BCUT2D eigenvalue weighted by atomic mass is 9.79. The molecule has 2 fully saturated rings. The van der Waals surface area contributed by atoms with E-state index >= 15 is 0 Å². The van der Waals surface area contributed by atoms with Gasteiger partial charge in [0, 0.05) is 18.6 Å². The first-order valence-electron chi connectivity index (χ1n) is 7.20. The number of hydrogen-bond donors (Lipinski definition) is 1. The van der Waals surface area contributed by atoms with Crippen molar-refractivity contribution in [2.24, 2.45) is 0 Å². The molecule has 3 atom stereocenters. The molecule has 1 saturated heterocycles. The van der Waals surface area contributed by atoms with Crippen LogP contribution in [-0.2, 0) is 4.74 Å². The van der Waals surface area contributed by atoms with Crippen LogP contribution < -0.4 is 5.32 Å². The molecule has 0 bridgehead atoms. The van der Waals surface area contributed by atoms with E-state index in [9.17, 15) is 5.26 Å². The first kappa shape index (κ1) is 13.8. The predicted octanol–water partition coefficient (Wildman–Crippen LogP) is 1.52. The Hall–Kier alpha value is -0.630. The molecule has 0 amide bonds. The van der Waals surface area contributed by atoms with Crippen LogP contribution in [0.3, 0.4) is 0 Å². The summed E-state index contributed by atoms with van der Waals surface area (Å²) in [7, 11) is 0. The maximum atomic E-state index is 9.50. The third-order valence-corrected chi connectivity index (χ3v) is 4.34. The monoisotopic (exact) mass is 251 g/mol. The average Bonchev–Trinajstić information content (AvgIpc) is 2.40. The van der Waals surface area contributed by atoms with E-state index in [0.717, 1.165) is 45.6 Å². The van der Waals surface area contributed by atoms with Gasteiger partial charge in [0.1, 0.15) is 5.54 Å². The second kappa shape index (κ2) is 6.01. The standard InChI is InChI=1S/C14H25N3O/c1-3-16-14(11-15)6-4-5-13(9-14)17-7-8-18-10-12(17)2/h12-13,16H,3-10H2,1-2H3. The van der Waals surface area contributed by atoms with Crippen molar-refractivity contribution in [3.8, 4) is 6.07 Å². The molecule has 4 heteroatoms. The maximum Gasteiger partial charge on any atom is 0.108 e. The number of rotatable bonds is 3. The lowest BCUT2D eigenvalue weighted by molar-refractivity contribution is -0.0348. The van der Waals surface area contributed by atoms with Gasteiger partial charge >= 0.3 is 0 Å². The van der Waals surface area contributed by atoms with Crippen LogP contribution in [0.15, 0.2) is 0 Å². The Labute approximate surface area is 110 Å². The van der Waals surface area contributed by atoms with Crippen molar-refractivity contribution in [2.75, 3.05) is 26.3 Å². The van der Waals surface area contributed by atoms with Gasteiger partial charge in [0.15, 0.2) is 0 Å². The van der Waals surface area contributed by atoms with Crippen LogP contribution in [0.1, 0.15) is 39.5 Å². The molecule has 1 aliphatic heterocycles. The Bertz CT molecular complexity index is 311. The topological polar surface area (TPSA) is 48.3 Å². The van der Waals surface area contributed by atoms with Gasteiger partial charge in [-0.3, -0.25) is 10.2 Å². The van der Waals surface area contributed by atoms with Gasteiger partial charge in [-0.05, 0) is 39.2 Å². The number of ether oxygens (including phenoxy) is 1. The SMILES string of the molecule is CCNC1(C#N)CCCC(N2CCOCC2C)C1. The van der Waals surface area contributed by atoms with Crippen molar-refractivity contribution >= 4 is 0 Å². The lowest BCUT2D eigenvalue weighted by Crippen LogP contribution is -2.56. The molecule has 0 aromatic rings. The predicted molar refractivity (Wildman–Crippen MR) is 71.3 cm³/mol. The van der Waals surface area contributed by atoms with E-state index < -0.39 is 0 Å². The molecule has 4 nitrogen and oxygen atoms in total. The number of morpholine rings is 1. The molecule has 0 radical (unpaired) electrons. The van der Waals surface area contributed by atoms with E-state index in [1.807, 2.05) is 0 Å². The van der Waals surface area contributed by atoms with Gasteiger partial charge in [-0.1, -0.05) is 6.92 Å². The molecular formula is C14H25N3O. The molecule has 1 saturated carbocycles. The van der Waals surface area contributed by atoms with Crippen LogP contribution in [0.2, 0.25) is 0 Å². The molecule has 0 aromatic heterocycles. The van der Waals surface area contributed by atoms with Gasteiger partial charge in [-0.2, -0.15) is 5.26 Å². The summed E-state index contributed by atoms with van der Waals surface area (Å²) in [6.07, 6.45) is 4.32. The van der Waals surface area contributed by atoms with Crippen LogP contribution in [0.5, 0.6) is 0 Å². The molecule has 1 heterocycles. The maximum absolute atomic E-state index is 9.50. The summed E-state index contributed by atoms with van der Waals surface area (Å²) >= 11 is 0. The minimum atomic E-state index is -0.296. The smallest absolute Gasteiger partial charge is 0.108 e. The Balaban J connectivity index is 2.03. The zero-order chi connectivity index (χ0) is 13.0. The Morgan fingerprint density at radius 1 is 1.56 bits per heavy atom. The van der Waals surface area contributed by atoms with E-state index in [2.05, 4.69) is 30.1 Å². The molecule has 18 heavy (non-hydrogen) atoms. The van der Waals surface area contributed by atoms with E-state index in [-0.39, 0.29) is 5.54 Å². The summed E-state index contributed by atoms with van der Waals surface area (Å²) in [5.74, 6) is 0. The molecule has 1 N–H and O–H groups in total. The van der Waals surface area contributed by atoms with Gasteiger partial charge in [0.25, 0.3) is 0 Å². The molecule has 0 aromatic carbocycles. The van der Waals surface area contributed by atoms with E-state index in [0.29, 0.717) is 12.1 Å². The van der Waals surface area contributed by atoms with Crippen LogP contribution >= 0.6 is 0 Å². The second-order valence-electron chi connectivity index (χ2n) is 5.64. The molecule has 0 spiro atoms. The first-order chi connectivity index (χ1) is 8.71. The van der Waals surface area contributed by atoms with E-state index in [4.69, 9.17) is 4.74 Å². The number of nitrogens with one attached hydrogen (secondary N) is 1. The zero-order valence-electron chi connectivity index (χ0n) is 11.6. The number of nitriles is 1. The third kappa shape index (κ3) is 2.85. The summed E-state index contributed by atoms with van der Waals surface area (Å²) in [4.78, 5) is 2.55. The second-order valence-corrected chi connectivity index (χ2v) is 5.64. The van der Waals surface area contributed by atoms with Crippen molar-refractivity contribution in [1.29, 1.82) is 5.26 Å². The fraction of sp³-hybridized carbons (Fsp3) is 0.929. The highest BCUT2D eigenvalue weighted by atomic mass is 16.5. The molecule has 2 aliphatic rings. The van der Waals surface area contributed by atoms with Crippen LogP contribution in [0.25, 0.3) is 0 Å². The summed E-state index contributed by atoms with van der Waals surface area (Å²) < 4.78 is 5.51. The zero-order valence-corrected chi connectivity index (χ0v) is 11.6. The van der Waals surface area contributed by atoms with E-state index in [1.54, 1.807) is 0 Å². The number of hydrogen-bond acceptors (Lipinski definition) is 4. The van der Waals surface area contributed by atoms with Crippen molar-refractivity contribution < 1.29 is 4.74 Å². The van der Waals surface area contributed by atoms with E-state index in [1.165, 1.54) is 6.42 Å². The quantitative estimate of drug-likeness (QED) is 0.826. The van der Waals surface area contributed by atoms with Gasteiger partial charge in [0.05, 0.1) is 19.3 Å². The van der Waals surface area contributed by atoms with Crippen molar-refractivity contribution in [1.82, 2.24) is 10.2 Å². The van der Waals surface area contributed by atoms with Crippen LogP contribution in [-0.4, -0.2) is 48.8 Å². The molecule has 2 rings (SSSR count). The molecule has 3 unspecified atom stereocenters.